The first-order valence-electron chi connectivity index (χ1n) is 14.2. The highest BCUT2D eigenvalue weighted by molar-refractivity contribution is 6.04. The third-order valence-electron chi connectivity index (χ3n) is 7.95. The predicted molar refractivity (Wildman–Crippen MR) is 157 cm³/mol. The SMILES string of the molecule is CN(C/C=C/CN1CC[C@@H](n2nc(-c3ccc(C(=O)Nc4cc(C(F)(F)F)ccn4)cc3)c3c(N)ncnc32)C1)C1CC1. The minimum atomic E-state index is -4.54. The largest absolute Gasteiger partial charge is 0.416 e. The molecule has 6 rings (SSSR count). The summed E-state index contributed by atoms with van der Waals surface area (Å²) < 4.78 is 41.0. The summed E-state index contributed by atoms with van der Waals surface area (Å²) in [4.78, 5) is 30.1. The van der Waals surface area contributed by atoms with E-state index in [9.17, 15) is 18.0 Å². The number of hydrogen-bond acceptors (Lipinski definition) is 8. The maximum absolute atomic E-state index is 13.0. The van der Waals surface area contributed by atoms with Gasteiger partial charge in [-0.1, -0.05) is 24.3 Å². The van der Waals surface area contributed by atoms with E-state index in [1.807, 2.05) is 4.68 Å². The highest BCUT2D eigenvalue weighted by Gasteiger charge is 2.31. The van der Waals surface area contributed by atoms with Crippen molar-refractivity contribution in [1.82, 2.24) is 34.5 Å². The van der Waals surface area contributed by atoms with Gasteiger partial charge < -0.3 is 11.1 Å². The summed E-state index contributed by atoms with van der Waals surface area (Å²) in [6.07, 6.45) is 5.88. The van der Waals surface area contributed by atoms with E-state index in [0.29, 0.717) is 28.1 Å². The quantitative estimate of drug-likeness (QED) is 0.271. The number of likely N-dealkylation sites (N-methyl/N-ethyl adjacent to an activating group) is 1. The lowest BCUT2D eigenvalue weighted by Gasteiger charge is -2.15. The zero-order valence-corrected chi connectivity index (χ0v) is 23.6. The molecule has 1 saturated carbocycles. The van der Waals surface area contributed by atoms with Gasteiger partial charge in [0.1, 0.15) is 23.7 Å². The van der Waals surface area contributed by atoms with E-state index >= 15 is 0 Å². The normalized spacial score (nSPS) is 17.8. The van der Waals surface area contributed by atoms with Crippen LogP contribution in [-0.4, -0.2) is 79.7 Å². The van der Waals surface area contributed by atoms with E-state index < -0.39 is 17.6 Å². The van der Waals surface area contributed by atoms with Crippen LogP contribution in [0.3, 0.4) is 0 Å². The number of halogens is 3. The monoisotopic (exact) mass is 591 g/mol. The van der Waals surface area contributed by atoms with Crippen molar-refractivity contribution in [2.24, 2.45) is 0 Å². The molecule has 1 aliphatic carbocycles. The molecule has 3 N–H and O–H groups in total. The van der Waals surface area contributed by atoms with Gasteiger partial charge in [-0.05, 0) is 50.6 Å². The summed E-state index contributed by atoms with van der Waals surface area (Å²) >= 11 is 0. The molecule has 10 nitrogen and oxygen atoms in total. The second-order valence-electron chi connectivity index (χ2n) is 11.1. The van der Waals surface area contributed by atoms with Crippen LogP contribution in [0, 0.1) is 0 Å². The Morgan fingerprint density at radius 2 is 1.91 bits per heavy atom. The summed E-state index contributed by atoms with van der Waals surface area (Å²) in [5.41, 5.74) is 7.60. The number of nitrogens with one attached hydrogen (secondary N) is 1. The second kappa shape index (κ2) is 11.7. The van der Waals surface area contributed by atoms with Gasteiger partial charge >= 0.3 is 6.18 Å². The van der Waals surface area contributed by atoms with Gasteiger partial charge in [0.05, 0.1) is 17.0 Å². The van der Waals surface area contributed by atoms with Crippen LogP contribution in [0.15, 0.2) is 61.1 Å². The molecule has 0 spiro atoms. The van der Waals surface area contributed by atoms with Crippen molar-refractivity contribution in [3.63, 3.8) is 0 Å². The molecule has 4 aromatic rings. The smallest absolute Gasteiger partial charge is 0.383 e. The number of amides is 1. The van der Waals surface area contributed by atoms with Crippen molar-refractivity contribution >= 4 is 28.6 Å². The number of aromatic nitrogens is 5. The van der Waals surface area contributed by atoms with Gasteiger partial charge in [0.15, 0.2) is 5.65 Å². The Morgan fingerprint density at radius 1 is 1.12 bits per heavy atom. The van der Waals surface area contributed by atoms with Crippen LogP contribution >= 0.6 is 0 Å². The van der Waals surface area contributed by atoms with E-state index in [1.165, 1.54) is 19.2 Å². The average Bonchev–Trinajstić information content (AvgIpc) is 3.62. The molecule has 1 saturated heterocycles. The van der Waals surface area contributed by atoms with Crippen LogP contribution in [0.25, 0.3) is 22.3 Å². The Bertz CT molecular complexity index is 1650. The lowest BCUT2D eigenvalue weighted by Crippen LogP contribution is -2.23. The molecule has 224 valence electrons. The summed E-state index contributed by atoms with van der Waals surface area (Å²) in [7, 11) is 2.17. The number of rotatable bonds is 9. The molecule has 1 aliphatic heterocycles. The van der Waals surface area contributed by atoms with Crippen LogP contribution in [0.4, 0.5) is 24.8 Å². The molecule has 3 aromatic heterocycles. The Morgan fingerprint density at radius 3 is 2.65 bits per heavy atom. The highest BCUT2D eigenvalue weighted by Crippen LogP contribution is 2.34. The fourth-order valence-corrected chi connectivity index (χ4v) is 5.40. The first-order valence-corrected chi connectivity index (χ1v) is 14.2. The number of carbonyl (C=O) groups is 1. The van der Waals surface area contributed by atoms with Crippen LogP contribution in [0.2, 0.25) is 0 Å². The number of carbonyl (C=O) groups excluding carboxylic acids is 1. The number of likely N-dealkylation sites (tertiary alicyclic amines) is 1. The number of pyridine rings is 1. The molecular formula is C30H32F3N9O. The minimum absolute atomic E-state index is 0.109. The first kappa shape index (κ1) is 28.7. The van der Waals surface area contributed by atoms with Gasteiger partial charge in [-0.3, -0.25) is 14.6 Å². The molecule has 1 atom stereocenters. The zero-order valence-electron chi connectivity index (χ0n) is 23.6. The second-order valence-corrected chi connectivity index (χ2v) is 11.1. The molecule has 43 heavy (non-hydrogen) atoms. The van der Waals surface area contributed by atoms with Crippen LogP contribution < -0.4 is 11.1 Å². The Balaban J connectivity index is 1.17. The summed E-state index contributed by atoms with van der Waals surface area (Å²) in [6, 6.07) is 9.09. The molecule has 0 unspecified atom stereocenters. The van der Waals surface area contributed by atoms with Gasteiger partial charge in [0, 0.05) is 49.5 Å². The molecule has 1 amide bonds. The van der Waals surface area contributed by atoms with Gasteiger partial charge in [-0.15, -0.1) is 0 Å². The zero-order chi connectivity index (χ0) is 30.1. The number of nitrogen functional groups attached to an aromatic ring is 1. The number of nitrogens with two attached hydrogens (primary N) is 1. The summed E-state index contributed by atoms with van der Waals surface area (Å²) in [6.45, 7) is 3.60. The summed E-state index contributed by atoms with van der Waals surface area (Å²) in [5, 5.41) is 7.98. The molecule has 4 heterocycles. The molecular weight excluding hydrogens is 559 g/mol. The Labute approximate surface area is 246 Å². The van der Waals surface area contributed by atoms with Crippen molar-refractivity contribution in [2.45, 2.75) is 37.5 Å². The fraction of sp³-hybridized carbons (Fsp3) is 0.367. The number of hydrogen-bond donors (Lipinski definition) is 2. The molecule has 2 aliphatic rings. The van der Waals surface area contributed by atoms with E-state index in [1.54, 1.807) is 24.3 Å². The van der Waals surface area contributed by atoms with E-state index in [4.69, 9.17) is 10.8 Å². The minimum Gasteiger partial charge on any atom is -0.383 e. The lowest BCUT2D eigenvalue weighted by molar-refractivity contribution is -0.137. The molecule has 13 heteroatoms. The Kier molecular flexibility index (Phi) is 7.84. The predicted octanol–water partition coefficient (Wildman–Crippen LogP) is 4.64. The van der Waals surface area contributed by atoms with E-state index in [2.05, 4.69) is 49.3 Å². The molecule has 1 aromatic carbocycles. The molecule has 0 radical (unpaired) electrons. The highest BCUT2D eigenvalue weighted by atomic mass is 19.4. The number of alkyl halides is 3. The standard InChI is InChI=1S/C30H32F3N9O/c1-40(22-8-9-22)13-2-3-14-41-15-11-23(17-41)42-28-25(27(34)36-18-37-28)26(39-42)19-4-6-20(7-5-19)29(43)38-24-16-21(10-12-35-24)30(31,32)33/h2-7,10,12,16,18,22-23H,8-9,11,13-15,17H2,1H3,(H2,34,36,37)(H,35,38,43)/b3-2+/t23-/m1/s1. The van der Waals surface area contributed by atoms with Gasteiger partial charge in [-0.2, -0.15) is 18.3 Å². The molecule has 0 bridgehead atoms. The van der Waals surface area contributed by atoms with Crippen molar-refractivity contribution in [1.29, 1.82) is 0 Å². The van der Waals surface area contributed by atoms with E-state index in [0.717, 1.165) is 57.0 Å². The summed E-state index contributed by atoms with van der Waals surface area (Å²) in [5.74, 6) is -0.470. The number of benzene rings is 1. The van der Waals surface area contributed by atoms with Gasteiger partial charge in [-0.25, -0.2) is 19.6 Å². The van der Waals surface area contributed by atoms with E-state index in [-0.39, 0.29) is 17.4 Å². The van der Waals surface area contributed by atoms with Crippen molar-refractivity contribution in [3.8, 4) is 11.3 Å². The lowest BCUT2D eigenvalue weighted by atomic mass is 10.1. The number of nitrogens with zero attached hydrogens (tertiary/aromatic N) is 7. The maximum atomic E-state index is 13.0. The van der Waals surface area contributed by atoms with Gasteiger partial charge in [0.25, 0.3) is 5.91 Å². The Hall–Kier alpha value is -4.36. The number of anilines is 2. The van der Waals surface area contributed by atoms with Crippen LogP contribution in [0.1, 0.15) is 41.2 Å². The average molecular weight is 592 g/mol. The molecule has 2 fully saturated rings. The van der Waals surface area contributed by atoms with Gasteiger partial charge in [0.2, 0.25) is 0 Å². The van der Waals surface area contributed by atoms with Crippen molar-refractivity contribution in [3.05, 3.63) is 72.2 Å². The number of fused-ring (bicyclic) bond motifs is 1. The maximum Gasteiger partial charge on any atom is 0.416 e. The van der Waals surface area contributed by atoms with Crippen molar-refractivity contribution < 1.29 is 18.0 Å². The topological polar surface area (TPSA) is 118 Å². The first-order chi connectivity index (χ1) is 20.7. The third kappa shape index (κ3) is 6.37. The van der Waals surface area contributed by atoms with Crippen LogP contribution in [0.5, 0.6) is 0 Å². The fourth-order valence-electron chi connectivity index (χ4n) is 5.40. The van der Waals surface area contributed by atoms with Crippen molar-refractivity contribution in [2.75, 3.05) is 44.3 Å². The third-order valence-corrected chi connectivity index (χ3v) is 7.95. The van der Waals surface area contributed by atoms with Crippen LogP contribution in [-0.2, 0) is 6.18 Å².